The first-order valence-corrected chi connectivity index (χ1v) is 27.3. The smallest absolute Gasteiger partial charge is 0.306 e. The third-order valence-corrected chi connectivity index (χ3v) is 11.7. The summed E-state index contributed by atoms with van der Waals surface area (Å²) in [5, 5.41) is 0. The van der Waals surface area contributed by atoms with Gasteiger partial charge >= 0.3 is 17.9 Å². The topological polar surface area (TPSA) is 78.9 Å². The van der Waals surface area contributed by atoms with Crippen molar-refractivity contribution in [3.63, 3.8) is 0 Å². The molecule has 0 aliphatic carbocycles. The number of esters is 3. The Labute approximate surface area is 396 Å². The molecule has 0 unspecified atom stereocenters. The van der Waals surface area contributed by atoms with Gasteiger partial charge in [-0.3, -0.25) is 14.4 Å². The van der Waals surface area contributed by atoms with Crippen molar-refractivity contribution >= 4 is 17.9 Å². The molecule has 0 saturated heterocycles. The van der Waals surface area contributed by atoms with Gasteiger partial charge in [0, 0.05) is 19.3 Å². The van der Waals surface area contributed by atoms with E-state index in [-0.39, 0.29) is 31.1 Å². The molecule has 6 heteroatoms. The summed E-state index contributed by atoms with van der Waals surface area (Å²) in [5.41, 5.74) is 0. The first-order chi connectivity index (χ1) is 31.5. The maximum Gasteiger partial charge on any atom is 0.306 e. The van der Waals surface area contributed by atoms with Gasteiger partial charge in [-0.05, 0) is 89.9 Å². The lowest BCUT2D eigenvalue weighted by Gasteiger charge is -2.18. The fourth-order valence-electron chi connectivity index (χ4n) is 7.60. The molecule has 0 radical (unpaired) electrons. The highest BCUT2D eigenvalue weighted by molar-refractivity contribution is 5.71. The van der Waals surface area contributed by atoms with E-state index in [2.05, 4.69) is 81.5 Å². The summed E-state index contributed by atoms with van der Waals surface area (Å²) in [5.74, 6) is -0.896. The molecule has 6 nitrogen and oxygen atoms in total. The lowest BCUT2D eigenvalue weighted by Crippen LogP contribution is -2.30. The predicted molar refractivity (Wildman–Crippen MR) is 275 cm³/mol. The zero-order chi connectivity index (χ0) is 46.5. The summed E-state index contributed by atoms with van der Waals surface area (Å²) in [6, 6.07) is 0. The molecule has 370 valence electrons. The molecule has 0 spiro atoms. The number of hydrogen-bond acceptors (Lipinski definition) is 6. The van der Waals surface area contributed by atoms with Crippen LogP contribution in [0.2, 0.25) is 0 Å². The average molecular weight is 895 g/mol. The Balaban J connectivity index is 4.36. The second-order valence-electron chi connectivity index (χ2n) is 18.1. The zero-order valence-corrected chi connectivity index (χ0v) is 42.3. The van der Waals surface area contributed by atoms with Gasteiger partial charge in [0.2, 0.25) is 0 Å². The number of carbonyl (C=O) groups excluding carboxylic acids is 3. The molecule has 64 heavy (non-hydrogen) atoms. The van der Waals surface area contributed by atoms with Crippen LogP contribution in [0.25, 0.3) is 0 Å². The molecule has 0 aromatic heterocycles. The second-order valence-corrected chi connectivity index (χ2v) is 18.1. The molecule has 1 atom stereocenters. The molecule has 0 aromatic carbocycles. The van der Waals surface area contributed by atoms with Gasteiger partial charge < -0.3 is 14.2 Å². The Hall–Kier alpha value is -2.89. The first-order valence-electron chi connectivity index (χ1n) is 27.3. The lowest BCUT2D eigenvalue weighted by atomic mass is 10.1. The highest BCUT2D eigenvalue weighted by Crippen LogP contribution is 2.15. The average Bonchev–Trinajstić information content (AvgIpc) is 3.29. The van der Waals surface area contributed by atoms with E-state index in [0.29, 0.717) is 19.3 Å². The standard InChI is InChI=1S/C58H102O6/c1-4-7-10-13-16-19-22-24-26-28-29-31-32-34-36-39-42-45-48-51-57(60)63-54-55(53-62-56(59)50-47-44-41-38-21-18-15-12-9-6-3)64-58(61)52-49-46-43-40-37-35-33-30-27-25-23-20-17-14-11-8-5-2/h16-17,19-20,24-27,29,31,55H,4-15,18,21-23,28,30,32-54H2,1-3H3/b19-16-,20-17-,26-24-,27-25-,31-29-/t55-/m1/s1. The van der Waals surface area contributed by atoms with Crippen LogP contribution in [0.15, 0.2) is 60.8 Å². The van der Waals surface area contributed by atoms with Gasteiger partial charge in [0.15, 0.2) is 6.10 Å². The number of ether oxygens (including phenoxy) is 3. The van der Waals surface area contributed by atoms with Crippen LogP contribution in [-0.2, 0) is 28.6 Å². The van der Waals surface area contributed by atoms with E-state index < -0.39 is 6.10 Å². The van der Waals surface area contributed by atoms with E-state index in [1.54, 1.807) is 0 Å². The van der Waals surface area contributed by atoms with Crippen molar-refractivity contribution in [1.29, 1.82) is 0 Å². The van der Waals surface area contributed by atoms with Gasteiger partial charge in [0.05, 0.1) is 0 Å². The van der Waals surface area contributed by atoms with Crippen molar-refractivity contribution in [2.45, 2.75) is 277 Å². The quantitative estimate of drug-likeness (QED) is 0.0262. The van der Waals surface area contributed by atoms with Crippen LogP contribution >= 0.6 is 0 Å². The third kappa shape index (κ3) is 50.1. The Morgan fingerprint density at radius 1 is 0.312 bits per heavy atom. The van der Waals surface area contributed by atoms with E-state index in [1.807, 2.05) is 0 Å². The second kappa shape index (κ2) is 52.7. The van der Waals surface area contributed by atoms with E-state index >= 15 is 0 Å². The maximum atomic E-state index is 12.8. The highest BCUT2D eigenvalue weighted by Gasteiger charge is 2.19. The summed E-state index contributed by atoms with van der Waals surface area (Å²) in [7, 11) is 0. The molecule has 0 aliphatic heterocycles. The van der Waals surface area contributed by atoms with Crippen LogP contribution in [0.5, 0.6) is 0 Å². The largest absolute Gasteiger partial charge is 0.462 e. The molecular formula is C58H102O6. The maximum absolute atomic E-state index is 12.8. The molecule has 0 aliphatic rings. The fraction of sp³-hybridized carbons (Fsp3) is 0.776. The van der Waals surface area contributed by atoms with Crippen molar-refractivity contribution in [3.05, 3.63) is 60.8 Å². The molecule has 0 N–H and O–H groups in total. The van der Waals surface area contributed by atoms with Crippen molar-refractivity contribution in [2.75, 3.05) is 13.2 Å². The van der Waals surface area contributed by atoms with E-state index in [1.165, 1.54) is 141 Å². The van der Waals surface area contributed by atoms with Gasteiger partial charge in [-0.2, -0.15) is 0 Å². The highest BCUT2D eigenvalue weighted by atomic mass is 16.6. The predicted octanol–water partition coefficient (Wildman–Crippen LogP) is 18.0. The number of unbranched alkanes of at least 4 members (excludes halogenated alkanes) is 28. The van der Waals surface area contributed by atoms with Crippen LogP contribution in [0.3, 0.4) is 0 Å². The summed E-state index contributed by atoms with van der Waals surface area (Å²) in [6.45, 7) is 6.57. The first kappa shape index (κ1) is 61.1. The van der Waals surface area contributed by atoms with Crippen molar-refractivity contribution in [2.24, 2.45) is 0 Å². The molecule has 0 amide bonds. The van der Waals surface area contributed by atoms with E-state index in [9.17, 15) is 14.4 Å². The minimum atomic E-state index is -0.781. The summed E-state index contributed by atoms with van der Waals surface area (Å²) in [4.78, 5) is 38.0. The van der Waals surface area contributed by atoms with Crippen LogP contribution in [0.1, 0.15) is 271 Å². The molecule has 0 rings (SSSR count). The van der Waals surface area contributed by atoms with Gasteiger partial charge in [-0.15, -0.1) is 0 Å². The van der Waals surface area contributed by atoms with E-state index in [0.717, 1.165) is 89.9 Å². The summed E-state index contributed by atoms with van der Waals surface area (Å²) >= 11 is 0. The van der Waals surface area contributed by atoms with Crippen molar-refractivity contribution in [3.8, 4) is 0 Å². The van der Waals surface area contributed by atoms with E-state index in [4.69, 9.17) is 14.2 Å². The lowest BCUT2D eigenvalue weighted by molar-refractivity contribution is -0.167. The molecule has 0 bridgehead atoms. The number of allylic oxidation sites excluding steroid dienone is 10. The Morgan fingerprint density at radius 3 is 0.906 bits per heavy atom. The monoisotopic (exact) mass is 895 g/mol. The SMILES string of the molecule is CCCCC/C=C\C/C=C\C/C=C\CCCCCCCCC(=O)OC[C@@H](COC(=O)CCCCCCCCCCCC)OC(=O)CCCCCCCCC/C=C\C/C=C\CCCCC. The molecular weight excluding hydrogens is 793 g/mol. The normalized spacial score (nSPS) is 12.5. The van der Waals surface area contributed by atoms with Crippen LogP contribution in [0.4, 0.5) is 0 Å². The molecule has 0 fully saturated rings. The molecule has 0 saturated carbocycles. The van der Waals surface area contributed by atoms with Gasteiger partial charge in [0.25, 0.3) is 0 Å². The van der Waals surface area contributed by atoms with Gasteiger partial charge in [-0.1, -0.05) is 223 Å². The Bertz CT molecular complexity index is 1170. The summed E-state index contributed by atoms with van der Waals surface area (Å²) < 4.78 is 16.8. The Kier molecular flexibility index (Phi) is 50.4. The zero-order valence-electron chi connectivity index (χ0n) is 42.3. The minimum Gasteiger partial charge on any atom is -0.462 e. The Morgan fingerprint density at radius 2 is 0.562 bits per heavy atom. The van der Waals surface area contributed by atoms with Gasteiger partial charge in [-0.25, -0.2) is 0 Å². The molecule has 0 heterocycles. The van der Waals surface area contributed by atoms with Gasteiger partial charge in [0.1, 0.15) is 13.2 Å². The molecule has 0 aromatic rings. The number of rotatable bonds is 49. The summed E-state index contributed by atoms with van der Waals surface area (Å²) in [6.07, 6.45) is 64.9. The third-order valence-electron chi connectivity index (χ3n) is 11.7. The number of carbonyl (C=O) groups is 3. The number of hydrogen-bond donors (Lipinski definition) is 0. The fourth-order valence-corrected chi connectivity index (χ4v) is 7.60. The van der Waals surface area contributed by atoms with Crippen LogP contribution < -0.4 is 0 Å². The van der Waals surface area contributed by atoms with Crippen molar-refractivity contribution in [1.82, 2.24) is 0 Å². The van der Waals surface area contributed by atoms with Crippen LogP contribution in [0, 0.1) is 0 Å². The van der Waals surface area contributed by atoms with Crippen molar-refractivity contribution < 1.29 is 28.6 Å². The minimum absolute atomic E-state index is 0.0801. The van der Waals surface area contributed by atoms with Crippen LogP contribution in [-0.4, -0.2) is 37.2 Å².